The van der Waals surface area contributed by atoms with Crippen LogP contribution in [0.4, 0.5) is 3.89 Å². The van der Waals surface area contributed by atoms with Crippen molar-refractivity contribution in [3.8, 4) is 5.75 Å². The van der Waals surface area contributed by atoms with Crippen molar-refractivity contribution in [2.45, 2.75) is 18.9 Å². The van der Waals surface area contributed by atoms with E-state index < -0.39 is 10.5 Å². The summed E-state index contributed by atoms with van der Waals surface area (Å²) in [5.41, 5.74) is 0.115. The Morgan fingerprint density at radius 3 is 2.90 bits per heavy atom. The van der Waals surface area contributed by atoms with Gasteiger partial charge in [0.1, 0.15) is 0 Å². The van der Waals surface area contributed by atoms with Gasteiger partial charge in [-0.25, -0.2) is 0 Å². The monoisotopic (exact) mass is 318 g/mol. The standard InChI is InChI=1S/C12H15FN2O5S/c1-15(10-3-2-4-19-8-10)12(16)9-5-11(7-14-6-9)20-21(13,17)18/h5-7,10H,2-4,8H2,1H3. The van der Waals surface area contributed by atoms with Gasteiger partial charge in [0, 0.05) is 19.9 Å². The van der Waals surface area contributed by atoms with Crippen LogP contribution in [0.15, 0.2) is 18.5 Å². The maximum atomic E-state index is 12.5. The number of likely N-dealkylation sites (N-methyl/N-ethyl adjacent to an activating group) is 1. The lowest BCUT2D eigenvalue weighted by Gasteiger charge is -2.31. The van der Waals surface area contributed by atoms with E-state index in [1.807, 2.05) is 0 Å². The summed E-state index contributed by atoms with van der Waals surface area (Å²) in [6.45, 7) is 1.13. The highest BCUT2D eigenvalue weighted by molar-refractivity contribution is 7.81. The fourth-order valence-corrected chi connectivity index (χ4v) is 2.42. The second kappa shape index (κ2) is 6.35. The normalized spacial score (nSPS) is 19.0. The molecule has 1 fully saturated rings. The summed E-state index contributed by atoms with van der Waals surface area (Å²) in [6.07, 6.45) is 3.96. The molecule has 1 aliphatic heterocycles. The Balaban J connectivity index is 2.13. The van der Waals surface area contributed by atoms with E-state index in [-0.39, 0.29) is 23.3 Å². The first-order valence-electron chi connectivity index (χ1n) is 6.31. The van der Waals surface area contributed by atoms with Gasteiger partial charge < -0.3 is 13.8 Å². The van der Waals surface area contributed by atoms with Crippen molar-refractivity contribution >= 4 is 16.4 Å². The summed E-state index contributed by atoms with van der Waals surface area (Å²) >= 11 is 0. The average molecular weight is 318 g/mol. The highest BCUT2D eigenvalue weighted by Crippen LogP contribution is 2.18. The van der Waals surface area contributed by atoms with Crippen LogP contribution in [0.3, 0.4) is 0 Å². The van der Waals surface area contributed by atoms with Crippen LogP contribution in [0, 0.1) is 0 Å². The number of nitrogens with zero attached hydrogens (tertiary/aromatic N) is 2. The molecule has 0 aromatic carbocycles. The van der Waals surface area contributed by atoms with Crippen LogP contribution in [0.5, 0.6) is 5.75 Å². The van der Waals surface area contributed by atoms with Crippen molar-refractivity contribution in [2.24, 2.45) is 0 Å². The fraction of sp³-hybridized carbons (Fsp3) is 0.500. The first-order chi connectivity index (χ1) is 9.87. The van der Waals surface area contributed by atoms with Crippen LogP contribution in [0.25, 0.3) is 0 Å². The zero-order chi connectivity index (χ0) is 15.5. The summed E-state index contributed by atoms with van der Waals surface area (Å²) in [4.78, 5) is 17.5. The molecule has 1 aromatic heterocycles. The largest absolute Gasteiger partial charge is 0.488 e. The number of aromatic nitrogens is 1. The molecule has 0 spiro atoms. The average Bonchev–Trinajstić information content (AvgIpc) is 2.45. The Hall–Kier alpha value is -1.74. The van der Waals surface area contributed by atoms with Crippen LogP contribution in [0.2, 0.25) is 0 Å². The number of amides is 1. The van der Waals surface area contributed by atoms with Gasteiger partial charge in [-0.15, -0.1) is 0 Å². The van der Waals surface area contributed by atoms with E-state index in [0.717, 1.165) is 25.1 Å². The molecule has 7 nitrogen and oxygen atoms in total. The quantitative estimate of drug-likeness (QED) is 0.768. The van der Waals surface area contributed by atoms with Crippen molar-refractivity contribution in [1.82, 2.24) is 9.88 Å². The lowest BCUT2D eigenvalue weighted by atomic mass is 10.1. The van der Waals surface area contributed by atoms with Gasteiger partial charge in [0.2, 0.25) is 0 Å². The highest BCUT2D eigenvalue weighted by Gasteiger charge is 2.24. The fourth-order valence-electron chi connectivity index (χ4n) is 2.09. The summed E-state index contributed by atoms with van der Waals surface area (Å²) in [7, 11) is -3.52. The molecule has 116 valence electrons. The smallest absolute Gasteiger partial charge is 0.379 e. The maximum Gasteiger partial charge on any atom is 0.488 e. The van der Waals surface area contributed by atoms with E-state index in [0.29, 0.717) is 13.2 Å². The predicted octanol–water partition coefficient (Wildman–Crippen LogP) is 0.926. The second-order valence-electron chi connectivity index (χ2n) is 4.67. The Morgan fingerprint density at radius 1 is 1.52 bits per heavy atom. The molecule has 0 radical (unpaired) electrons. The molecule has 1 atom stereocenters. The molecule has 0 N–H and O–H groups in total. The molecule has 2 rings (SSSR count). The Labute approximate surface area is 122 Å². The van der Waals surface area contributed by atoms with Crippen molar-refractivity contribution in [2.75, 3.05) is 20.3 Å². The summed E-state index contributed by atoms with van der Waals surface area (Å²) in [5, 5.41) is 0. The number of rotatable bonds is 4. The minimum absolute atomic E-state index is 0.0549. The van der Waals surface area contributed by atoms with E-state index in [1.54, 1.807) is 7.05 Å². The van der Waals surface area contributed by atoms with Crippen molar-refractivity contribution in [1.29, 1.82) is 0 Å². The molecule has 1 amide bonds. The molecule has 0 aliphatic carbocycles. The van der Waals surface area contributed by atoms with Crippen molar-refractivity contribution < 1.29 is 26.0 Å². The summed E-state index contributed by atoms with van der Waals surface area (Å²) < 4.78 is 42.7. The van der Waals surface area contributed by atoms with Gasteiger partial charge in [-0.2, -0.15) is 8.42 Å². The molecule has 1 saturated heterocycles. The molecule has 9 heteroatoms. The van der Waals surface area contributed by atoms with Crippen LogP contribution in [-0.4, -0.2) is 50.5 Å². The predicted molar refractivity (Wildman–Crippen MR) is 70.8 cm³/mol. The number of hydrogen-bond acceptors (Lipinski definition) is 6. The van der Waals surface area contributed by atoms with Gasteiger partial charge in [0.25, 0.3) is 5.91 Å². The van der Waals surface area contributed by atoms with Gasteiger partial charge in [0.15, 0.2) is 5.75 Å². The van der Waals surface area contributed by atoms with E-state index in [2.05, 4.69) is 9.17 Å². The number of carbonyl (C=O) groups excluding carboxylic acids is 1. The van der Waals surface area contributed by atoms with Gasteiger partial charge in [0.05, 0.1) is 24.4 Å². The molecular weight excluding hydrogens is 303 g/mol. The third-order valence-electron chi connectivity index (χ3n) is 3.16. The molecule has 2 heterocycles. The first kappa shape index (κ1) is 15.6. The molecule has 1 unspecified atom stereocenters. The number of hydrogen-bond donors (Lipinski definition) is 0. The van der Waals surface area contributed by atoms with Crippen molar-refractivity contribution in [3.63, 3.8) is 0 Å². The minimum Gasteiger partial charge on any atom is -0.379 e. The Bertz CT molecular complexity index is 616. The van der Waals surface area contributed by atoms with Crippen LogP contribution >= 0.6 is 0 Å². The van der Waals surface area contributed by atoms with Gasteiger partial charge in [-0.3, -0.25) is 9.78 Å². The van der Waals surface area contributed by atoms with E-state index >= 15 is 0 Å². The van der Waals surface area contributed by atoms with Crippen LogP contribution in [0.1, 0.15) is 23.2 Å². The molecule has 0 bridgehead atoms. The Morgan fingerprint density at radius 2 is 2.29 bits per heavy atom. The molecule has 0 saturated carbocycles. The highest BCUT2D eigenvalue weighted by atomic mass is 32.3. The molecule has 1 aliphatic rings. The summed E-state index contributed by atoms with van der Waals surface area (Å²) in [6, 6.07) is 1.08. The van der Waals surface area contributed by atoms with E-state index in [1.165, 1.54) is 11.1 Å². The third kappa shape index (κ3) is 4.36. The lowest BCUT2D eigenvalue weighted by Crippen LogP contribution is -2.42. The van der Waals surface area contributed by atoms with Gasteiger partial charge in [-0.1, -0.05) is 3.89 Å². The number of carbonyl (C=O) groups is 1. The van der Waals surface area contributed by atoms with E-state index in [9.17, 15) is 17.1 Å². The zero-order valence-electron chi connectivity index (χ0n) is 11.4. The molecule has 21 heavy (non-hydrogen) atoms. The molecular formula is C12H15FN2O5S. The first-order valence-corrected chi connectivity index (χ1v) is 7.62. The topological polar surface area (TPSA) is 85.8 Å². The molecule has 1 aromatic rings. The lowest BCUT2D eigenvalue weighted by molar-refractivity contribution is 0.0244. The number of halogens is 1. The second-order valence-corrected chi connectivity index (χ2v) is 5.63. The van der Waals surface area contributed by atoms with Crippen molar-refractivity contribution in [3.05, 3.63) is 24.0 Å². The van der Waals surface area contributed by atoms with Crippen LogP contribution < -0.4 is 4.18 Å². The Kier molecular flexibility index (Phi) is 4.73. The number of ether oxygens (including phenoxy) is 1. The van der Waals surface area contributed by atoms with Crippen LogP contribution in [-0.2, 0) is 15.2 Å². The SMILES string of the molecule is CN(C(=O)c1cncc(OS(=O)(=O)F)c1)C1CCCOC1. The zero-order valence-corrected chi connectivity index (χ0v) is 12.2. The maximum absolute atomic E-state index is 12.5. The number of pyridine rings is 1. The van der Waals surface area contributed by atoms with E-state index in [4.69, 9.17) is 4.74 Å². The van der Waals surface area contributed by atoms with Gasteiger partial charge in [-0.05, 0) is 18.9 Å². The minimum atomic E-state index is -5.15. The summed E-state index contributed by atoms with van der Waals surface area (Å²) in [5.74, 6) is -0.712. The third-order valence-corrected chi connectivity index (χ3v) is 3.55. The van der Waals surface area contributed by atoms with Gasteiger partial charge >= 0.3 is 10.5 Å².